The Labute approximate surface area is 111 Å². The van der Waals surface area contributed by atoms with Crippen LogP contribution in [0.3, 0.4) is 0 Å². The summed E-state index contributed by atoms with van der Waals surface area (Å²) in [4.78, 5) is 22.8. The van der Waals surface area contributed by atoms with E-state index in [4.69, 9.17) is 5.11 Å². The Morgan fingerprint density at radius 2 is 2.05 bits per heavy atom. The normalized spacial score (nSPS) is 22.2. The molecule has 1 saturated carbocycles. The van der Waals surface area contributed by atoms with E-state index in [1.54, 1.807) is 0 Å². The van der Waals surface area contributed by atoms with E-state index in [1.807, 2.05) is 0 Å². The van der Waals surface area contributed by atoms with Crippen molar-refractivity contribution in [2.75, 3.05) is 5.32 Å². The van der Waals surface area contributed by atoms with Crippen molar-refractivity contribution in [3.63, 3.8) is 0 Å². The fourth-order valence-electron chi connectivity index (χ4n) is 2.56. The van der Waals surface area contributed by atoms with E-state index in [0.717, 1.165) is 19.3 Å². The predicted molar refractivity (Wildman–Crippen MR) is 70.2 cm³/mol. The minimum atomic E-state index is -1.19. The van der Waals surface area contributed by atoms with Gasteiger partial charge in [-0.2, -0.15) is 0 Å². The topological polar surface area (TPSA) is 86.6 Å². The van der Waals surface area contributed by atoms with Gasteiger partial charge in [0, 0.05) is 17.7 Å². The largest absolute Gasteiger partial charge is 0.507 e. The number of hydrogen-bond acceptors (Lipinski definition) is 3. The number of hydrogen-bond donors (Lipinski definition) is 3. The molecule has 1 aromatic rings. The van der Waals surface area contributed by atoms with Crippen molar-refractivity contribution in [1.29, 1.82) is 0 Å². The molecule has 0 saturated heterocycles. The van der Waals surface area contributed by atoms with E-state index in [9.17, 15) is 14.7 Å². The van der Waals surface area contributed by atoms with Crippen LogP contribution in [0.5, 0.6) is 5.75 Å². The van der Waals surface area contributed by atoms with Crippen molar-refractivity contribution in [1.82, 2.24) is 0 Å². The van der Waals surface area contributed by atoms with Crippen LogP contribution in [0.4, 0.5) is 5.69 Å². The van der Waals surface area contributed by atoms with Gasteiger partial charge in [0.05, 0.1) is 0 Å². The molecule has 0 spiro atoms. The quantitative estimate of drug-likeness (QED) is 0.781. The minimum Gasteiger partial charge on any atom is -0.507 e. The maximum atomic E-state index is 12.0. The first-order chi connectivity index (χ1) is 8.99. The molecule has 1 aliphatic rings. The van der Waals surface area contributed by atoms with Gasteiger partial charge >= 0.3 is 5.97 Å². The minimum absolute atomic E-state index is 0.00120. The van der Waals surface area contributed by atoms with E-state index in [-0.39, 0.29) is 23.1 Å². The first-order valence-corrected chi connectivity index (χ1v) is 6.36. The highest BCUT2D eigenvalue weighted by Crippen LogP contribution is 2.32. The van der Waals surface area contributed by atoms with Gasteiger partial charge in [-0.05, 0) is 30.9 Å². The first kappa shape index (κ1) is 13.4. The number of aromatic hydroxyl groups is 1. The van der Waals surface area contributed by atoms with Crippen molar-refractivity contribution in [2.45, 2.75) is 26.2 Å². The molecule has 1 aromatic carbocycles. The van der Waals surface area contributed by atoms with E-state index < -0.39 is 5.97 Å². The summed E-state index contributed by atoms with van der Waals surface area (Å²) in [5, 5.41) is 21.1. The monoisotopic (exact) mass is 263 g/mol. The lowest BCUT2D eigenvalue weighted by molar-refractivity contribution is -0.120. The van der Waals surface area contributed by atoms with Crippen molar-refractivity contribution >= 4 is 17.6 Å². The molecule has 1 aliphatic carbocycles. The van der Waals surface area contributed by atoms with Crippen LogP contribution < -0.4 is 5.32 Å². The molecule has 1 fully saturated rings. The van der Waals surface area contributed by atoms with Gasteiger partial charge < -0.3 is 15.5 Å². The highest BCUT2D eigenvalue weighted by molar-refractivity contribution is 5.95. The van der Waals surface area contributed by atoms with E-state index in [2.05, 4.69) is 12.2 Å². The number of rotatable bonds is 3. The van der Waals surface area contributed by atoms with E-state index in [1.165, 1.54) is 18.2 Å². The van der Waals surface area contributed by atoms with Crippen LogP contribution in [0.2, 0.25) is 0 Å². The molecule has 0 bridgehead atoms. The molecule has 5 heteroatoms. The molecule has 19 heavy (non-hydrogen) atoms. The molecule has 0 heterocycles. The number of carboxylic acids is 1. The number of phenols is 1. The Kier molecular flexibility index (Phi) is 3.74. The standard InChI is InChI=1S/C14H17NO4/c1-8-3-2-4-10(8)13(17)15-9-5-6-11(14(18)19)12(16)7-9/h5-8,10,16H,2-4H2,1H3,(H,15,17)(H,18,19). The second-order valence-electron chi connectivity index (χ2n) is 5.04. The second kappa shape index (κ2) is 5.30. The number of carboxylic acid groups (broad SMARTS) is 1. The lowest BCUT2D eigenvalue weighted by Gasteiger charge is -2.15. The van der Waals surface area contributed by atoms with Crippen LogP contribution in [0.15, 0.2) is 18.2 Å². The first-order valence-electron chi connectivity index (χ1n) is 6.36. The van der Waals surface area contributed by atoms with Crippen LogP contribution in [0.1, 0.15) is 36.5 Å². The summed E-state index contributed by atoms with van der Waals surface area (Å²) in [6, 6.07) is 4.03. The zero-order valence-corrected chi connectivity index (χ0v) is 10.7. The zero-order chi connectivity index (χ0) is 14.0. The number of carbonyl (C=O) groups excluding carboxylic acids is 1. The highest BCUT2D eigenvalue weighted by atomic mass is 16.4. The molecular weight excluding hydrogens is 246 g/mol. The second-order valence-corrected chi connectivity index (χ2v) is 5.04. The average Bonchev–Trinajstić information content (AvgIpc) is 2.75. The highest BCUT2D eigenvalue weighted by Gasteiger charge is 2.29. The van der Waals surface area contributed by atoms with Gasteiger partial charge in [0.15, 0.2) is 0 Å². The fourth-order valence-corrected chi connectivity index (χ4v) is 2.56. The maximum Gasteiger partial charge on any atom is 0.339 e. The number of carbonyl (C=O) groups is 2. The van der Waals surface area contributed by atoms with Gasteiger partial charge in [0.2, 0.25) is 5.91 Å². The number of aromatic carboxylic acids is 1. The van der Waals surface area contributed by atoms with Gasteiger partial charge in [0.25, 0.3) is 0 Å². The smallest absolute Gasteiger partial charge is 0.339 e. The van der Waals surface area contributed by atoms with Gasteiger partial charge in [-0.15, -0.1) is 0 Å². The van der Waals surface area contributed by atoms with Crippen molar-refractivity contribution in [3.05, 3.63) is 23.8 Å². The fraction of sp³-hybridized carbons (Fsp3) is 0.429. The number of nitrogens with one attached hydrogen (secondary N) is 1. The van der Waals surface area contributed by atoms with E-state index in [0.29, 0.717) is 11.6 Å². The summed E-state index contributed by atoms with van der Waals surface area (Å²) in [7, 11) is 0. The molecule has 5 nitrogen and oxygen atoms in total. The molecule has 102 valence electrons. The summed E-state index contributed by atoms with van der Waals surface area (Å²) in [5.41, 5.74) is 0.249. The summed E-state index contributed by atoms with van der Waals surface area (Å²) >= 11 is 0. The van der Waals surface area contributed by atoms with Crippen LogP contribution in [-0.4, -0.2) is 22.1 Å². The Balaban J connectivity index is 2.09. The Morgan fingerprint density at radius 3 is 2.58 bits per heavy atom. The van der Waals surface area contributed by atoms with Gasteiger partial charge in [-0.25, -0.2) is 4.79 Å². The van der Waals surface area contributed by atoms with Gasteiger partial charge in [0.1, 0.15) is 11.3 Å². The van der Waals surface area contributed by atoms with Gasteiger partial charge in [-0.1, -0.05) is 13.3 Å². The van der Waals surface area contributed by atoms with Crippen LogP contribution in [0, 0.1) is 11.8 Å². The van der Waals surface area contributed by atoms with Gasteiger partial charge in [-0.3, -0.25) is 4.79 Å². The molecule has 0 radical (unpaired) electrons. The average molecular weight is 263 g/mol. The van der Waals surface area contributed by atoms with E-state index >= 15 is 0 Å². The SMILES string of the molecule is CC1CCCC1C(=O)Nc1ccc(C(=O)O)c(O)c1. The number of anilines is 1. The number of benzene rings is 1. The zero-order valence-electron chi connectivity index (χ0n) is 10.7. The predicted octanol–water partition coefficient (Wildman–Crippen LogP) is 2.47. The summed E-state index contributed by atoms with van der Waals surface area (Å²) in [6.07, 6.45) is 3.00. The Morgan fingerprint density at radius 1 is 1.32 bits per heavy atom. The molecule has 2 unspecified atom stereocenters. The Bertz CT molecular complexity index is 512. The summed E-state index contributed by atoms with van der Waals surface area (Å²) in [6.45, 7) is 2.06. The third-order valence-electron chi connectivity index (χ3n) is 3.69. The molecule has 3 N–H and O–H groups in total. The molecular formula is C14H17NO4. The molecule has 0 aromatic heterocycles. The summed E-state index contributed by atoms with van der Waals surface area (Å²) < 4.78 is 0. The van der Waals surface area contributed by atoms with Crippen molar-refractivity contribution < 1.29 is 19.8 Å². The van der Waals surface area contributed by atoms with Crippen molar-refractivity contribution in [3.8, 4) is 5.75 Å². The molecule has 2 rings (SSSR count). The molecule has 1 amide bonds. The van der Waals surface area contributed by atoms with Crippen molar-refractivity contribution in [2.24, 2.45) is 11.8 Å². The lowest BCUT2D eigenvalue weighted by Crippen LogP contribution is -2.24. The Hall–Kier alpha value is -2.04. The number of amides is 1. The summed E-state index contributed by atoms with van der Waals surface area (Å²) in [5.74, 6) is -1.23. The third kappa shape index (κ3) is 2.86. The van der Waals surface area contributed by atoms with Crippen LogP contribution in [-0.2, 0) is 4.79 Å². The maximum absolute atomic E-state index is 12.0. The van der Waals surface area contributed by atoms with Crippen LogP contribution >= 0.6 is 0 Å². The lowest BCUT2D eigenvalue weighted by atomic mass is 9.97. The molecule has 2 atom stereocenters. The third-order valence-corrected chi connectivity index (χ3v) is 3.69. The van der Waals surface area contributed by atoms with Crippen LogP contribution in [0.25, 0.3) is 0 Å². The molecule has 0 aliphatic heterocycles.